The molecule has 0 radical (unpaired) electrons. The molecule has 0 saturated heterocycles. The van der Waals surface area contributed by atoms with Crippen molar-refractivity contribution in [1.82, 2.24) is 15.2 Å². The normalized spacial score (nSPS) is 9.50. The number of amides is 2. The summed E-state index contributed by atoms with van der Waals surface area (Å²) >= 11 is 0. The van der Waals surface area contributed by atoms with Gasteiger partial charge in [0.25, 0.3) is 0 Å². The highest BCUT2D eigenvalue weighted by molar-refractivity contribution is 5.86. The smallest absolute Gasteiger partial charge is 0.239 e. The van der Waals surface area contributed by atoms with Crippen molar-refractivity contribution in [3.63, 3.8) is 0 Å². The number of hydrogen-bond acceptors (Lipinski definition) is 4. The van der Waals surface area contributed by atoms with Gasteiger partial charge >= 0.3 is 0 Å². The van der Waals surface area contributed by atoms with E-state index in [0.29, 0.717) is 24.5 Å². The molecule has 112 valence electrons. The van der Waals surface area contributed by atoms with Gasteiger partial charge < -0.3 is 16.0 Å². The molecule has 0 aliphatic heterocycles. The number of aromatic nitrogens is 1. The van der Waals surface area contributed by atoms with Crippen LogP contribution in [-0.4, -0.2) is 41.3 Å². The van der Waals surface area contributed by atoms with Crippen molar-refractivity contribution in [1.29, 1.82) is 0 Å². The number of carbonyl (C=O) groups excluding carboxylic acids is 2. The second-order valence-corrected chi connectivity index (χ2v) is 4.12. The number of halogens is 1. The van der Waals surface area contributed by atoms with Crippen molar-refractivity contribution < 1.29 is 9.59 Å². The van der Waals surface area contributed by atoms with Crippen molar-refractivity contribution in [3.8, 4) is 0 Å². The summed E-state index contributed by atoms with van der Waals surface area (Å²) in [5.41, 5.74) is 6.74. The molecule has 0 bridgehead atoms. The maximum Gasteiger partial charge on any atom is 0.239 e. The molecule has 3 N–H and O–H groups in total. The van der Waals surface area contributed by atoms with Gasteiger partial charge in [0.1, 0.15) is 0 Å². The third-order valence-electron chi connectivity index (χ3n) is 2.62. The Morgan fingerprint density at radius 2 is 2.05 bits per heavy atom. The van der Waals surface area contributed by atoms with E-state index >= 15 is 0 Å². The molecule has 0 aliphatic rings. The minimum absolute atomic E-state index is 0. The number of carbonyl (C=O) groups is 2. The summed E-state index contributed by atoms with van der Waals surface area (Å²) in [4.78, 5) is 29.1. The van der Waals surface area contributed by atoms with Crippen LogP contribution in [0.1, 0.15) is 19.5 Å². The van der Waals surface area contributed by atoms with Gasteiger partial charge in [-0.25, -0.2) is 0 Å². The van der Waals surface area contributed by atoms with E-state index in [9.17, 15) is 9.59 Å². The van der Waals surface area contributed by atoms with E-state index in [2.05, 4.69) is 10.3 Å². The average Bonchev–Trinajstić information content (AvgIpc) is 2.39. The molecule has 0 unspecified atom stereocenters. The van der Waals surface area contributed by atoms with Crippen LogP contribution in [0, 0.1) is 0 Å². The number of nitrogen functional groups attached to an aromatic ring is 1. The third-order valence-corrected chi connectivity index (χ3v) is 2.62. The van der Waals surface area contributed by atoms with Gasteiger partial charge in [0.2, 0.25) is 11.8 Å². The zero-order valence-electron chi connectivity index (χ0n) is 11.8. The largest absolute Gasteiger partial charge is 0.397 e. The molecular weight excluding hydrogens is 280 g/mol. The van der Waals surface area contributed by atoms with Crippen LogP contribution in [0.2, 0.25) is 0 Å². The van der Waals surface area contributed by atoms with E-state index in [1.165, 1.54) is 11.1 Å². The van der Waals surface area contributed by atoms with Gasteiger partial charge in [-0.1, -0.05) is 0 Å². The molecule has 0 spiro atoms. The Morgan fingerprint density at radius 1 is 1.35 bits per heavy atom. The molecule has 0 aliphatic carbocycles. The summed E-state index contributed by atoms with van der Waals surface area (Å²) in [6, 6.07) is 3.42. The summed E-state index contributed by atoms with van der Waals surface area (Å²) < 4.78 is 0. The SMILES string of the molecule is CCNC(=O)CN(CC)C(=O)Cc1ccc(N)cn1.Cl. The van der Waals surface area contributed by atoms with E-state index in [-0.39, 0.29) is 37.2 Å². The lowest BCUT2D eigenvalue weighted by Gasteiger charge is -2.20. The lowest BCUT2D eigenvalue weighted by molar-refractivity contribution is -0.135. The number of nitrogens with two attached hydrogens (primary N) is 1. The first kappa shape index (κ1) is 18.2. The Morgan fingerprint density at radius 3 is 2.55 bits per heavy atom. The van der Waals surface area contributed by atoms with Crippen molar-refractivity contribution in [2.45, 2.75) is 20.3 Å². The minimum atomic E-state index is -0.150. The van der Waals surface area contributed by atoms with Crippen LogP contribution < -0.4 is 11.1 Å². The van der Waals surface area contributed by atoms with E-state index in [1.807, 2.05) is 13.8 Å². The molecule has 1 rings (SSSR count). The van der Waals surface area contributed by atoms with Crippen LogP contribution in [0.3, 0.4) is 0 Å². The summed E-state index contributed by atoms with van der Waals surface area (Å²) in [6.45, 7) is 4.81. The summed E-state index contributed by atoms with van der Waals surface area (Å²) in [6.07, 6.45) is 1.69. The van der Waals surface area contributed by atoms with Crippen molar-refractivity contribution in [2.75, 3.05) is 25.4 Å². The van der Waals surface area contributed by atoms with Gasteiger partial charge in [-0.05, 0) is 26.0 Å². The van der Waals surface area contributed by atoms with Gasteiger partial charge in [-0.3, -0.25) is 14.6 Å². The predicted molar refractivity (Wildman–Crippen MR) is 80.5 cm³/mol. The Hall–Kier alpha value is -1.82. The number of nitrogens with one attached hydrogen (secondary N) is 1. The minimum Gasteiger partial charge on any atom is -0.397 e. The zero-order valence-corrected chi connectivity index (χ0v) is 12.6. The van der Waals surface area contributed by atoms with E-state index in [4.69, 9.17) is 5.73 Å². The topological polar surface area (TPSA) is 88.3 Å². The van der Waals surface area contributed by atoms with Crippen molar-refractivity contribution in [2.24, 2.45) is 0 Å². The third kappa shape index (κ3) is 5.88. The van der Waals surface area contributed by atoms with E-state index < -0.39 is 0 Å². The van der Waals surface area contributed by atoms with Crippen molar-refractivity contribution in [3.05, 3.63) is 24.0 Å². The lowest BCUT2D eigenvalue weighted by atomic mass is 10.2. The van der Waals surface area contributed by atoms with Crippen LogP contribution in [-0.2, 0) is 16.0 Å². The first-order chi connectivity index (χ1) is 9.06. The number of pyridine rings is 1. The van der Waals surface area contributed by atoms with Crippen LogP contribution in [0.5, 0.6) is 0 Å². The Bertz CT molecular complexity index is 437. The van der Waals surface area contributed by atoms with E-state index in [0.717, 1.165) is 0 Å². The second-order valence-electron chi connectivity index (χ2n) is 4.12. The Balaban J connectivity index is 0.00000361. The first-order valence-corrected chi connectivity index (χ1v) is 6.31. The molecular formula is C13H21ClN4O2. The Labute approximate surface area is 125 Å². The van der Waals surface area contributed by atoms with Crippen LogP contribution >= 0.6 is 12.4 Å². The molecule has 0 atom stereocenters. The highest BCUT2D eigenvalue weighted by Gasteiger charge is 2.15. The van der Waals surface area contributed by atoms with Gasteiger partial charge in [0.05, 0.1) is 24.8 Å². The van der Waals surface area contributed by atoms with Crippen LogP contribution in [0.4, 0.5) is 5.69 Å². The summed E-state index contributed by atoms with van der Waals surface area (Å²) in [5, 5.41) is 2.67. The summed E-state index contributed by atoms with van der Waals surface area (Å²) in [7, 11) is 0. The number of anilines is 1. The molecule has 1 aromatic heterocycles. The first-order valence-electron chi connectivity index (χ1n) is 6.31. The molecule has 1 heterocycles. The molecule has 0 fully saturated rings. The van der Waals surface area contributed by atoms with Crippen molar-refractivity contribution >= 4 is 29.9 Å². The highest BCUT2D eigenvalue weighted by Crippen LogP contribution is 2.04. The van der Waals surface area contributed by atoms with Gasteiger partial charge in [0.15, 0.2) is 0 Å². The molecule has 20 heavy (non-hydrogen) atoms. The molecule has 0 saturated carbocycles. The molecule has 2 amide bonds. The van der Waals surface area contributed by atoms with Crippen LogP contribution in [0.25, 0.3) is 0 Å². The van der Waals surface area contributed by atoms with Gasteiger partial charge in [0, 0.05) is 18.8 Å². The zero-order chi connectivity index (χ0) is 14.3. The fraction of sp³-hybridized carbons (Fsp3) is 0.462. The number of likely N-dealkylation sites (N-methyl/N-ethyl adjacent to an activating group) is 2. The number of nitrogens with zero attached hydrogens (tertiary/aromatic N) is 2. The monoisotopic (exact) mass is 300 g/mol. The molecule has 6 nitrogen and oxygen atoms in total. The maximum absolute atomic E-state index is 12.0. The molecule has 1 aromatic rings. The van der Waals surface area contributed by atoms with E-state index in [1.54, 1.807) is 12.1 Å². The number of rotatable bonds is 6. The standard InChI is InChI=1S/C13H20N4O2.ClH/c1-3-15-12(18)9-17(4-2)13(19)7-11-6-5-10(14)8-16-11;/h5-6,8H,3-4,7,9,14H2,1-2H3,(H,15,18);1H. The fourth-order valence-electron chi connectivity index (χ4n) is 1.61. The quantitative estimate of drug-likeness (QED) is 0.806. The second kappa shape index (κ2) is 9.14. The molecule has 0 aromatic carbocycles. The maximum atomic E-state index is 12.0. The Kier molecular flexibility index (Phi) is 8.31. The van der Waals surface area contributed by atoms with Crippen LogP contribution in [0.15, 0.2) is 18.3 Å². The fourth-order valence-corrected chi connectivity index (χ4v) is 1.61. The molecule has 7 heteroatoms. The predicted octanol–water partition coefficient (Wildman–Crippen LogP) is 0.613. The summed E-state index contributed by atoms with van der Waals surface area (Å²) in [5.74, 6) is -0.269. The number of hydrogen-bond donors (Lipinski definition) is 2. The van der Waals surface area contributed by atoms with Gasteiger partial charge in [-0.2, -0.15) is 0 Å². The highest BCUT2D eigenvalue weighted by atomic mass is 35.5. The lowest BCUT2D eigenvalue weighted by Crippen LogP contribution is -2.41. The van der Waals surface area contributed by atoms with Gasteiger partial charge in [-0.15, -0.1) is 12.4 Å². The average molecular weight is 301 g/mol.